The normalized spacial score (nSPS) is 10.8. The second-order valence-corrected chi connectivity index (χ2v) is 6.44. The third-order valence-electron chi connectivity index (χ3n) is 3.70. The average Bonchev–Trinajstić information content (AvgIpc) is 3.05. The van der Waals surface area contributed by atoms with Crippen molar-refractivity contribution in [2.24, 2.45) is 0 Å². The molecule has 0 unspecified atom stereocenters. The lowest BCUT2D eigenvalue weighted by Crippen LogP contribution is -2.03. The number of tetrazole rings is 1. The van der Waals surface area contributed by atoms with Crippen LogP contribution in [0.2, 0.25) is 0 Å². The molecule has 0 N–H and O–H groups in total. The monoisotopic (exact) mass is 340 g/mol. The molecule has 0 spiro atoms. The maximum Gasteiger partial charge on any atom is 0.214 e. The minimum Gasteiger partial charge on any atom is -0.492 e. The van der Waals surface area contributed by atoms with Crippen molar-refractivity contribution in [3.8, 4) is 11.4 Å². The van der Waals surface area contributed by atoms with Crippen molar-refractivity contribution in [2.75, 3.05) is 6.61 Å². The first-order chi connectivity index (χ1) is 11.7. The van der Waals surface area contributed by atoms with Crippen LogP contribution in [-0.2, 0) is 5.75 Å². The SMILES string of the molecule is CCOc1ccccc1-n1nnnc1SCc1cc(C)ccc1C. The van der Waals surface area contributed by atoms with E-state index in [1.165, 1.54) is 16.7 Å². The molecule has 0 bridgehead atoms. The summed E-state index contributed by atoms with van der Waals surface area (Å²) >= 11 is 1.62. The third-order valence-corrected chi connectivity index (χ3v) is 4.66. The fourth-order valence-electron chi connectivity index (χ4n) is 2.43. The molecular formula is C18H20N4OS. The molecule has 3 aromatic rings. The Balaban J connectivity index is 1.85. The highest BCUT2D eigenvalue weighted by Gasteiger charge is 2.13. The first-order valence-electron chi connectivity index (χ1n) is 7.88. The van der Waals surface area contributed by atoms with Crippen molar-refractivity contribution in [1.29, 1.82) is 0 Å². The smallest absolute Gasteiger partial charge is 0.214 e. The van der Waals surface area contributed by atoms with Crippen LogP contribution in [0.15, 0.2) is 47.6 Å². The summed E-state index contributed by atoms with van der Waals surface area (Å²) in [6, 6.07) is 14.3. The highest BCUT2D eigenvalue weighted by Crippen LogP contribution is 2.28. The fourth-order valence-corrected chi connectivity index (χ4v) is 3.37. The van der Waals surface area contributed by atoms with Crippen molar-refractivity contribution in [3.63, 3.8) is 0 Å². The molecule has 124 valence electrons. The van der Waals surface area contributed by atoms with Crippen molar-refractivity contribution in [1.82, 2.24) is 20.2 Å². The quantitative estimate of drug-likeness (QED) is 0.636. The van der Waals surface area contributed by atoms with Crippen LogP contribution in [0, 0.1) is 13.8 Å². The van der Waals surface area contributed by atoms with Gasteiger partial charge in [-0.25, -0.2) is 0 Å². The van der Waals surface area contributed by atoms with Gasteiger partial charge >= 0.3 is 0 Å². The highest BCUT2D eigenvalue weighted by molar-refractivity contribution is 7.98. The van der Waals surface area contributed by atoms with Crippen molar-refractivity contribution in [3.05, 3.63) is 59.2 Å². The Morgan fingerprint density at radius 3 is 2.79 bits per heavy atom. The van der Waals surface area contributed by atoms with Crippen LogP contribution in [0.25, 0.3) is 5.69 Å². The van der Waals surface area contributed by atoms with Crippen LogP contribution >= 0.6 is 11.8 Å². The number of hydrogen-bond donors (Lipinski definition) is 0. The number of aromatic nitrogens is 4. The van der Waals surface area contributed by atoms with E-state index in [0.717, 1.165) is 22.3 Å². The maximum absolute atomic E-state index is 5.69. The van der Waals surface area contributed by atoms with E-state index in [2.05, 4.69) is 47.6 Å². The molecule has 0 saturated heterocycles. The van der Waals surface area contributed by atoms with Crippen LogP contribution in [0.3, 0.4) is 0 Å². The molecule has 0 aliphatic rings. The number of ether oxygens (including phenoxy) is 1. The van der Waals surface area contributed by atoms with Gasteiger partial charge in [-0.05, 0) is 54.5 Å². The van der Waals surface area contributed by atoms with E-state index in [1.54, 1.807) is 16.4 Å². The first kappa shape index (κ1) is 16.5. The molecule has 0 radical (unpaired) electrons. The Morgan fingerprint density at radius 1 is 1.12 bits per heavy atom. The third kappa shape index (κ3) is 3.59. The molecule has 24 heavy (non-hydrogen) atoms. The minimum absolute atomic E-state index is 0.601. The number of aryl methyl sites for hydroxylation is 2. The van der Waals surface area contributed by atoms with Gasteiger partial charge in [-0.3, -0.25) is 0 Å². The summed E-state index contributed by atoms with van der Waals surface area (Å²) in [5.74, 6) is 1.60. The molecule has 0 aliphatic heterocycles. The summed E-state index contributed by atoms with van der Waals surface area (Å²) in [5.41, 5.74) is 4.69. The average molecular weight is 340 g/mol. The van der Waals surface area contributed by atoms with Crippen molar-refractivity contribution < 1.29 is 4.74 Å². The lowest BCUT2D eigenvalue weighted by Gasteiger charge is -2.11. The molecule has 5 nitrogen and oxygen atoms in total. The predicted octanol–water partition coefficient (Wildman–Crippen LogP) is 3.97. The number of rotatable bonds is 6. The second kappa shape index (κ2) is 7.49. The van der Waals surface area contributed by atoms with Gasteiger partial charge in [-0.15, -0.1) is 5.10 Å². The summed E-state index contributed by atoms with van der Waals surface area (Å²) in [6.45, 7) is 6.80. The van der Waals surface area contributed by atoms with Gasteiger partial charge < -0.3 is 4.74 Å². The zero-order chi connectivity index (χ0) is 16.9. The molecule has 2 aromatic carbocycles. The molecule has 1 heterocycles. The molecule has 0 fully saturated rings. The van der Waals surface area contributed by atoms with Crippen LogP contribution in [0.1, 0.15) is 23.6 Å². The number of hydrogen-bond acceptors (Lipinski definition) is 5. The Bertz CT molecular complexity index is 831. The van der Waals surface area contributed by atoms with Gasteiger partial charge in [0.1, 0.15) is 11.4 Å². The maximum atomic E-state index is 5.69. The number of benzene rings is 2. The molecule has 6 heteroatoms. The van der Waals surface area contributed by atoms with Crippen LogP contribution in [0.4, 0.5) is 0 Å². The summed E-state index contributed by atoms with van der Waals surface area (Å²) in [5, 5.41) is 12.9. The lowest BCUT2D eigenvalue weighted by molar-refractivity contribution is 0.337. The topological polar surface area (TPSA) is 52.8 Å². The zero-order valence-electron chi connectivity index (χ0n) is 14.1. The molecule has 1 aromatic heterocycles. The van der Waals surface area contributed by atoms with Crippen LogP contribution in [-0.4, -0.2) is 26.8 Å². The Hall–Kier alpha value is -2.34. The van der Waals surface area contributed by atoms with E-state index in [0.29, 0.717) is 6.61 Å². The summed E-state index contributed by atoms with van der Waals surface area (Å²) in [4.78, 5) is 0. The van der Waals surface area contributed by atoms with Gasteiger partial charge in [0.2, 0.25) is 5.16 Å². The number of thioether (sulfide) groups is 1. The van der Waals surface area contributed by atoms with E-state index in [9.17, 15) is 0 Å². The Morgan fingerprint density at radius 2 is 1.96 bits per heavy atom. The summed E-state index contributed by atoms with van der Waals surface area (Å²) in [7, 11) is 0. The van der Waals surface area contributed by atoms with Crippen molar-refractivity contribution in [2.45, 2.75) is 31.7 Å². The highest BCUT2D eigenvalue weighted by atomic mass is 32.2. The van der Waals surface area contributed by atoms with E-state index in [1.807, 2.05) is 31.2 Å². The first-order valence-corrected chi connectivity index (χ1v) is 8.87. The summed E-state index contributed by atoms with van der Waals surface area (Å²) < 4.78 is 7.42. The lowest BCUT2D eigenvalue weighted by atomic mass is 10.1. The standard InChI is InChI=1S/C18H20N4OS/c1-4-23-17-8-6-5-7-16(17)22-18(19-20-21-22)24-12-15-11-13(2)9-10-14(15)3/h5-11H,4,12H2,1-3H3. The van der Waals surface area contributed by atoms with Gasteiger partial charge in [0.05, 0.1) is 6.61 Å². The van der Waals surface area contributed by atoms with Crippen molar-refractivity contribution >= 4 is 11.8 Å². The van der Waals surface area contributed by atoms with Crippen LogP contribution in [0.5, 0.6) is 5.75 Å². The molecule has 0 aliphatic carbocycles. The van der Waals surface area contributed by atoms with E-state index in [-0.39, 0.29) is 0 Å². The van der Waals surface area contributed by atoms with Gasteiger partial charge in [-0.2, -0.15) is 4.68 Å². The second-order valence-electron chi connectivity index (χ2n) is 5.49. The largest absolute Gasteiger partial charge is 0.492 e. The Labute approximate surface area is 146 Å². The van der Waals surface area contributed by atoms with E-state index >= 15 is 0 Å². The molecule has 3 rings (SSSR count). The van der Waals surface area contributed by atoms with Gasteiger partial charge in [0.25, 0.3) is 0 Å². The molecular weight excluding hydrogens is 320 g/mol. The zero-order valence-corrected chi connectivity index (χ0v) is 14.9. The van der Waals surface area contributed by atoms with E-state index < -0.39 is 0 Å². The van der Waals surface area contributed by atoms with E-state index in [4.69, 9.17) is 4.74 Å². The number of nitrogens with zero attached hydrogens (tertiary/aromatic N) is 4. The minimum atomic E-state index is 0.601. The fraction of sp³-hybridized carbons (Fsp3) is 0.278. The predicted molar refractivity (Wildman–Crippen MR) is 95.8 cm³/mol. The molecule has 0 amide bonds. The Kier molecular flexibility index (Phi) is 5.15. The summed E-state index contributed by atoms with van der Waals surface area (Å²) in [6.07, 6.45) is 0. The molecule has 0 atom stereocenters. The number of para-hydroxylation sites is 2. The van der Waals surface area contributed by atoms with Gasteiger partial charge in [0, 0.05) is 5.75 Å². The van der Waals surface area contributed by atoms with Gasteiger partial charge in [0.15, 0.2) is 0 Å². The van der Waals surface area contributed by atoms with Gasteiger partial charge in [-0.1, -0.05) is 47.7 Å². The van der Waals surface area contributed by atoms with Crippen LogP contribution < -0.4 is 4.74 Å². The molecule has 0 saturated carbocycles.